The predicted molar refractivity (Wildman–Crippen MR) is 139 cm³/mol. The third-order valence-corrected chi connectivity index (χ3v) is 27.8. The van der Waals surface area contributed by atoms with Crippen LogP contribution in [0.5, 0.6) is 0 Å². The van der Waals surface area contributed by atoms with Gasteiger partial charge in [-0.1, -0.05) is 0 Å². The fraction of sp³-hybridized carbons (Fsp3) is 0.407. The summed E-state index contributed by atoms with van der Waals surface area (Å²) in [7, 11) is 0. The van der Waals surface area contributed by atoms with E-state index in [1.165, 1.54) is 0 Å². The summed E-state index contributed by atoms with van der Waals surface area (Å²) < 4.78 is 0.341. The van der Waals surface area contributed by atoms with Crippen molar-refractivity contribution < 1.29 is 19.2 Å². The van der Waals surface area contributed by atoms with Crippen molar-refractivity contribution in [1.82, 2.24) is 0 Å². The molecule has 0 saturated carbocycles. The topological polar surface area (TPSA) is 68.3 Å². The Labute approximate surface area is 203 Å². The zero-order chi connectivity index (χ0) is 24.5. The van der Waals surface area contributed by atoms with Crippen LogP contribution in [0, 0.1) is 0 Å². The van der Waals surface area contributed by atoms with E-state index in [1.54, 1.807) is 13.8 Å². The number of unbranched alkanes of at least 4 members (excludes halogenated alkanes) is 2. The van der Waals surface area contributed by atoms with E-state index in [4.69, 9.17) is 0 Å². The molecule has 4 nitrogen and oxygen atoms in total. The van der Waals surface area contributed by atoms with E-state index in [1.807, 2.05) is 74.5 Å². The standard InChI is InChI=1S/C27H36Ge2O4/c1-5-28(22(3)30,26(32)24-16-10-7-11-17-24)20-14-9-15-21-29(6-2,23(4)31)27(33)25-18-12-8-13-19-25/h7-8,10-13,16-19H,5-6,9,14-15,20-21H2,1-4H3. The summed E-state index contributed by atoms with van der Waals surface area (Å²) >= 11 is -6.82. The molecule has 0 aliphatic rings. The average molecular weight is 570 g/mol. The number of benzene rings is 2. The van der Waals surface area contributed by atoms with Gasteiger partial charge in [0.25, 0.3) is 0 Å². The summed E-state index contributed by atoms with van der Waals surface area (Å²) in [6, 6.07) is 18.4. The van der Waals surface area contributed by atoms with Crippen LogP contribution in [0.4, 0.5) is 0 Å². The van der Waals surface area contributed by atoms with Crippen LogP contribution in [-0.4, -0.2) is 45.0 Å². The molecule has 0 aliphatic heterocycles. The summed E-state index contributed by atoms with van der Waals surface area (Å²) in [5, 5.41) is 2.66. The molecule has 0 radical (unpaired) electrons. The Morgan fingerprint density at radius 1 is 0.576 bits per heavy atom. The van der Waals surface area contributed by atoms with Crippen molar-refractivity contribution in [3.05, 3.63) is 71.8 Å². The second-order valence-electron chi connectivity index (χ2n) is 8.93. The molecule has 0 spiro atoms. The molecule has 2 aromatic carbocycles. The van der Waals surface area contributed by atoms with E-state index >= 15 is 0 Å². The molecule has 0 heterocycles. The molecule has 33 heavy (non-hydrogen) atoms. The second kappa shape index (κ2) is 12.6. The van der Waals surface area contributed by atoms with Crippen molar-refractivity contribution in [2.75, 3.05) is 0 Å². The molecule has 0 saturated heterocycles. The molecule has 0 bridgehead atoms. The Morgan fingerprint density at radius 2 is 0.909 bits per heavy atom. The first-order chi connectivity index (χ1) is 15.7. The van der Waals surface area contributed by atoms with Gasteiger partial charge in [-0.25, -0.2) is 0 Å². The van der Waals surface area contributed by atoms with Crippen LogP contribution < -0.4 is 0 Å². The van der Waals surface area contributed by atoms with Crippen molar-refractivity contribution >= 4 is 45.0 Å². The number of carbonyl (C=O) groups is 4. The number of hydrogen-bond acceptors (Lipinski definition) is 4. The van der Waals surface area contributed by atoms with Crippen LogP contribution in [-0.2, 0) is 9.59 Å². The van der Waals surface area contributed by atoms with Crippen molar-refractivity contribution in [2.45, 2.75) is 68.0 Å². The second-order valence-corrected chi connectivity index (χ2v) is 27.9. The van der Waals surface area contributed by atoms with Crippen LogP contribution in [0.2, 0.25) is 21.0 Å². The van der Waals surface area contributed by atoms with Gasteiger partial charge in [-0.3, -0.25) is 0 Å². The third-order valence-electron chi connectivity index (χ3n) is 7.20. The molecular formula is C27H36Ge2O4. The third kappa shape index (κ3) is 6.21. The molecule has 6 heteroatoms. The Hall–Kier alpha value is -1.79. The molecule has 176 valence electrons. The molecule has 0 fully saturated rings. The van der Waals surface area contributed by atoms with Gasteiger partial charge >= 0.3 is 204 Å². The first-order valence-electron chi connectivity index (χ1n) is 12.0. The van der Waals surface area contributed by atoms with Crippen molar-refractivity contribution in [2.24, 2.45) is 0 Å². The fourth-order valence-corrected chi connectivity index (χ4v) is 20.1. The van der Waals surface area contributed by atoms with E-state index in [9.17, 15) is 19.2 Å². The van der Waals surface area contributed by atoms with Gasteiger partial charge in [0.15, 0.2) is 0 Å². The molecule has 2 unspecified atom stereocenters. The maximum atomic E-state index is 13.3. The molecule has 2 aromatic rings. The molecule has 2 atom stereocenters. The maximum absolute atomic E-state index is 13.3. The SMILES string of the molecule is C[CH2][Ge]([CH2]CCC[CH2][Ge]([CH2]C)([C](C)=O)[C](=O)c1ccccc1)([C](C)=O)[C](=O)c1ccccc1. The van der Waals surface area contributed by atoms with Gasteiger partial charge in [-0.15, -0.1) is 0 Å². The van der Waals surface area contributed by atoms with Crippen LogP contribution in [0.25, 0.3) is 0 Å². The molecule has 0 aromatic heterocycles. The van der Waals surface area contributed by atoms with Gasteiger partial charge in [0.1, 0.15) is 0 Å². The van der Waals surface area contributed by atoms with E-state index in [0.29, 0.717) is 32.1 Å². The monoisotopic (exact) mass is 572 g/mol. The minimum atomic E-state index is -3.41. The van der Waals surface area contributed by atoms with Crippen molar-refractivity contribution in [3.8, 4) is 0 Å². The van der Waals surface area contributed by atoms with E-state index in [0.717, 1.165) is 19.3 Å². The molecule has 2 rings (SSSR count). The number of carbonyl (C=O) groups excluding carboxylic acids is 4. The zero-order valence-corrected chi connectivity index (χ0v) is 24.6. The van der Waals surface area contributed by atoms with Gasteiger partial charge in [0.2, 0.25) is 0 Å². The molecule has 0 N–H and O–H groups in total. The summed E-state index contributed by atoms with van der Waals surface area (Å²) in [4.78, 5) is 52.1. The van der Waals surface area contributed by atoms with Crippen molar-refractivity contribution in [1.29, 1.82) is 0 Å². The zero-order valence-electron chi connectivity index (χ0n) is 20.4. The number of hydrogen-bond donors (Lipinski definition) is 0. The quantitative estimate of drug-likeness (QED) is 0.201. The Kier molecular flexibility index (Phi) is 10.5. The van der Waals surface area contributed by atoms with Crippen LogP contribution in [0.3, 0.4) is 0 Å². The Morgan fingerprint density at radius 3 is 1.18 bits per heavy atom. The Balaban J connectivity index is 2.08. The molecular weight excluding hydrogens is 534 g/mol. The molecule has 0 aliphatic carbocycles. The van der Waals surface area contributed by atoms with E-state index in [2.05, 4.69) is 0 Å². The van der Waals surface area contributed by atoms with E-state index in [-0.39, 0.29) is 18.5 Å². The van der Waals surface area contributed by atoms with Crippen LogP contribution >= 0.6 is 0 Å². The van der Waals surface area contributed by atoms with Crippen LogP contribution in [0.15, 0.2) is 60.7 Å². The summed E-state index contributed by atoms with van der Waals surface area (Å²) in [5.74, 6) is 0. The average Bonchev–Trinajstić information content (AvgIpc) is 2.84. The van der Waals surface area contributed by atoms with Gasteiger partial charge < -0.3 is 0 Å². The van der Waals surface area contributed by atoms with Gasteiger partial charge in [-0.2, -0.15) is 0 Å². The predicted octanol–water partition coefficient (Wildman–Crippen LogP) is 6.19. The van der Waals surface area contributed by atoms with Crippen LogP contribution in [0.1, 0.15) is 67.7 Å². The van der Waals surface area contributed by atoms with Gasteiger partial charge in [0, 0.05) is 0 Å². The van der Waals surface area contributed by atoms with Gasteiger partial charge in [0.05, 0.1) is 0 Å². The Bertz CT molecular complexity index is 895. The van der Waals surface area contributed by atoms with E-state index < -0.39 is 26.5 Å². The first-order valence-corrected chi connectivity index (χ1v) is 22.1. The minimum absolute atomic E-state index is 0.0779. The van der Waals surface area contributed by atoms with Gasteiger partial charge in [-0.05, 0) is 0 Å². The summed E-state index contributed by atoms with van der Waals surface area (Å²) in [6.45, 7) is 7.15. The summed E-state index contributed by atoms with van der Waals surface area (Å²) in [6.07, 6.45) is 2.43. The number of rotatable bonds is 14. The normalized spacial score (nSPS) is 14.7. The molecule has 0 amide bonds. The first kappa shape index (κ1) is 27.5. The fourth-order valence-electron chi connectivity index (χ4n) is 4.83. The van der Waals surface area contributed by atoms with Crippen molar-refractivity contribution in [3.63, 3.8) is 0 Å². The summed E-state index contributed by atoms with van der Waals surface area (Å²) in [5.41, 5.74) is 1.30.